The lowest BCUT2D eigenvalue weighted by Gasteiger charge is -2.29. The number of carboxylic acids is 1. The fourth-order valence-corrected chi connectivity index (χ4v) is 3.06. The van der Waals surface area contributed by atoms with Crippen LogP contribution >= 0.6 is 0 Å². The van der Waals surface area contributed by atoms with Crippen LogP contribution in [-0.2, 0) is 9.53 Å². The number of carboxylic acid groups (broad SMARTS) is 1. The van der Waals surface area contributed by atoms with Crippen molar-refractivity contribution in [3.8, 4) is 6.07 Å². The topological polar surface area (TPSA) is 103 Å². The van der Waals surface area contributed by atoms with Gasteiger partial charge in [-0.05, 0) is 45.4 Å². The molecule has 7 nitrogen and oxygen atoms in total. The van der Waals surface area contributed by atoms with Crippen molar-refractivity contribution in [3.63, 3.8) is 0 Å². The molecule has 1 heterocycles. The Morgan fingerprint density at radius 1 is 1.35 bits per heavy atom. The number of aliphatic carboxylic acids is 1. The van der Waals surface area contributed by atoms with E-state index in [9.17, 15) is 14.7 Å². The van der Waals surface area contributed by atoms with Gasteiger partial charge in [0, 0.05) is 26.1 Å². The van der Waals surface area contributed by atoms with Gasteiger partial charge in [0.2, 0.25) is 0 Å². The predicted molar refractivity (Wildman–Crippen MR) is 82.7 cm³/mol. The van der Waals surface area contributed by atoms with Crippen LogP contribution in [0.2, 0.25) is 0 Å². The van der Waals surface area contributed by atoms with Crippen molar-refractivity contribution in [2.45, 2.75) is 57.6 Å². The fraction of sp³-hybridized carbons (Fsp3) is 0.812. The molecule has 2 aliphatic rings. The lowest BCUT2D eigenvalue weighted by atomic mass is 9.99. The lowest BCUT2D eigenvalue weighted by Crippen LogP contribution is -2.57. The predicted octanol–water partition coefficient (Wildman–Crippen LogP) is 1.73. The normalized spacial score (nSPS) is 26.3. The third-order valence-electron chi connectivity index (χ3n) is 4.47. The van der Waals surface area contributed by atoms with E-state index in [4.69, 9.17) is 10.00 Å². The average Bonchev–Trinajstić information content (AvgIpc) is 3.00. The van der Waals surface area contributed by atoms with Gasteiger partial charge in [0.05, 0.1) is 6.07 Å². The van der Waals surface area contributed by atoms with Crippen LogP contribution in [0.3, 0.4) is 0 Å². The van der Waals surface area contributed by atoms with Crippen LogP contribution in [0.4, 0.5) is 4.79 Å². The number of ether oxygens (including phenoxy) is 1. The second-order valence-electron chi connectivity index (χ2n) is 7.81. The van der Waals surface area contributed by atoms with Gasteiger partial charge in [-0.15, -0.1) is 0 Å². The molecule has 128 valence electrons. The number of likely N-dealkylation sites (tertiary alicyclic amines) is 1. The highest BCUT2D eigenvalue weighted by Crippen LogP contribution is 2.49. The zero-order chi connectivity index (χ0) is 17.3. The van der Waals surface area contributed by atoms with Gasteiger partial charge in [0.15, 0.2) is 5.54 Å². The largest absolute Gasteiger partial charge is 0.479 e. The molecule has 0 aromatic rings. The molecule has 1 atom stereocenters. The zero-order valence-electron chi connectivity index (χ0n) is 14.0. The van der Waals surface area contributed by atoms with Gasteiger partial charge in [-0.25, -0.2) is 9.59 Å². The number of hydrogen-bond donors (Lipinski definition) is 2. The minimum Gasteiger partial charge on any atom is -0.479 e. The number of rotatable bonds is 5. The highest BCUT2D eigenvalue weighted by Gasteiger charge is 2.51. The quantitative estimate of drug-likeness (QED) is 0.799. The Balaban J connectivity index is 1.99. The number of amides is 1. The molecule has 0 aromatic heterocycles. The third kappa shape index (κ3) is 4.35. The van der Waals surface area contributed by atoms with E-state index in [1.54, 1.807) is 20.8 Å². The molecule has 1 saturated carbocycles. The molecule has 7 heteroatoms. The number of alkyl carbamates (subject to hydrolysis) is 1. The van der Waals surface area contributed by atoms with E-state index < -0.39 is 23.2 Å². The molecule has 0 spiro atoms. The number of nitrogens with zero attached hydrogens (tertiary/aromatic N) is 2. The summed E-state index contributed by atoms with van der Waals surface area (Å²) < 4.78 is 5.19. The Labute approximate surface area is 136 Å². The summed E-state index contributed by atoms with van der Waals surface area (Å²) in [4.78, 5) is 25.7. The van der Waals surface area contributed by atoms with E-state index in [-0.39, 0.29) is 12.0 Å². The Hall–Kier alpha value is -1.81. The Morgan fingerprint density at radius 2 is 2.00 bits per heavy atom. The van der Waals surface area contributed by atoms with Gasteiger partial charge in [0.1, 0.15) is 5.60 Å². The Kier molecular flexibility index (Phi) is 4.58. The minimum atomic E-state index is -1.31. The second kappa shape index (κ2) is 6.00. The Bertz CT molecular complexity index is 530. The molecular weight excluding hydrogens is 298 g/mol. The summed E-state index contributed by atoms with van der Waals surface area (Å²) in [6.07, 6.45) is 2.15. The summed E-state index contributed by atoms with van der Waals surface area (Å²) in [5.41, 5.74) is -1.97. The van der Waals surface area contributed by atoms with Gasteiger partial charge in [-0.3, -0.25) is 4.90 Å². The summed E-state index contributed by atoms with van der Waals surface area (Å²) in [6, 6.07) is 2.21. The molecule has 23 heavy (non-hydrogen) atoms. The van der Waals surface area contributed by atoms with E-state index in [0.29, 0.717) is 25.9 Å². The monoisotopic (exact) mass is 323 g/mol. The van der Waals surface area contributed by atoms with E-state index >= 15 is 0 Å². The van der Waals surface area contributed by atoms with Gasteiger partial charge >= 0.3 is 12.1 Å². The smallest absolute Gasteiger partial charge is 0.408 e. The van der Waals surface area contributed by atoms with E-state index in [1.165, 1.54) is 0 Å². The van der Waals surface area contributed by atoms with Crippen LogP contribution in [0, 0.1) is 16.7 Å². The van der Waals surface area contributed by atoms with Crippen LogP contribution in [0.5, 0.6) is 0 Å². The van der Waals surface area contributed by atoms with Crippen molar-refractivity contribution in [3.05, 3.63) is 0 Å². The highest BCUT2D eigenvalue weighted by molar-refractivity contribution is 5.85. The lowest BCUT2D eigenvalue weighted by molar-refractivity contribution is -0.144. The standard InChI is InChI=1S/C16H25N3O4/c1-14(2,3)23-13(22)18-16(12(20)21)7-9-19(11-16)10-15(4-5-15)6-8-17/h4-7,9-11H2,1-3H3,(H,18,22)(H,20,21). The van der Waals surface area contributed by atoms with Crippen molar-refractivity contribution in [1.29, 1.82) is 5.26 Å². The molecule has 1 saturated heterocycles. The third-order valence-corrected chi connectivity index (χ3v) is 4.47. The molecule has 1 amide bonds. The second-order valence-corrected chi connectivity index (χ2v) is 7.81. The molecule has 2 N–H and O–H groups in total. The first kappa shape index (κ1) is 17.5. The maximum absolute atomic E-state index is 12.0. The van der Waals surface area contributed by atoms with Crippen molar-refractivity contribution in [1.82, 2.24) is 10.2 Å². The first-order valence-corrected chi connectivity index (χ1v) is 7.94. The fourth-order valence-electron chi connectivity index (χ4n) is 3.06. The van der Waals surface area contributed by atoms with E-state index in [0.717, 1.165) is 12.8 Å². The molecule has 1 aliphatic carbocycles. The molecule has 2 fully saturated rings. The number of hydrogen-bond acceptors (Lipinski definition) is 5. The first-order chi connectivity index (χ1) is 10.6. The van der Waals surface area contributed by atoms with Crippen LogP contribution in [-0.4, -0.2) is 52.8 Å². The summed E-state index contributed by atoms with van der Waals surface area (Å²) in [7, 11) is 0. The first-order valence-electron chi connectivity index (χ1n) is 7.94. The molecular formula is C16H25N3O4. The van der Waals surface area contributed by atoms with Gasteiger partial charge in [-0.1, -0.05) is 0 Å². The molecule has 2 rings (SSSR count). The number of carbonyl (C=O) groups excluding carboxylic acids is 1. The number of nitrogens with one attached hydrogen (secondary N) is 1. The average molecular weight is 323 g/mol. The zero-order valence-corrected chi connectivity index (χ0v) is 14.0. The SMILES string of the molecule is CC(C)(C)OC(=O)NC1(C(=O)O)CCN(CC2(CC#N)CC2)C1. The highest BCUT2D eigenvalue weighted by atomic mass is 16.6. The van der Waals surface area contributed by atoms with Crippen LogP contribution < -0.4 is 5.32 Å². The van der Waals surface area contributed by atoms with Crippen molar-refractivity contribution >= 4 is 12.1 Å². The summed E-state index contributed by atoms with van der Waals surface area (Å²) in [6.45, 7) is 6.76. The van der Waals surface area contributed by atoms with E-state index in [1.807, 2.05) is 4.90 Å². The maximum Gasteiger partial charge on any atom is 0.408 e. The number of nitriles is 1. The summed E-state index contributed by atoms with van der Waals surface area (Å²) in [5, 5.41) is 21.0. The molecule has 1 aliphatic heterocycles. The van der Waals surface area contributed by atoms with E-state index in [2.05, 4.69) is 11.4 Å². The van der Waals surface area contributed by atoms with Gasteiger partial charge < -0.3 is 15.2 Å². The maximum atomic E-state index is 12.0. The van der Waals surface area contributed by atoms with Gasteiger partial charge in [-0.2, -0.15) is 5.26 Å². The van der Waals surface area contributed by atoms with Crippen LogP contribution in [0.25, 0.3) is 0 Å². The van der Waals surface area contributed by atoms with Crippen molar-refractivity contribution < 1.29 is 19.4 Å². The van der Waals surface area contributed by atoms with Crippen molar-refractivity contribution in [2.24, 2.45) is 5.41 Å². The minimum absolute atomic E-state index is 0.0231. The van der Waals surface area contributed by atoms with Gasteiger partial charge in [0.25, 0.3) is 0 Å². The molecule has 0 aromatic carbocycles. The molecule has 1 unspecified atom stereocenters. The number of carbonyl (C=O) groups is 2. The molecule has 0 radical (unpaired) electrons. The van der Waals surface area contributed by atoms with Crippen LogP contribution in [0.1, 0.15) is 46.5 Å². The van der Waals surface area contributed by atoms with Crippen molar-refractivity contribution in [2.75, 3.05) is 19.6 Å². The summed E-state index contributed by atoms with van der Waals surface area (Å²) in [5.74, 6) is -1.05. The summed E-state index contributed by atoms with van der Waals surface area (Å²) >= 11 is 0. The molecule has 0 bridgehead atoms. The Morgan fingerprint density at radius 3 is 2.48 bits per heavy atom. The van der Waals surface area contributed by atoms with Crippen LogP contribution in [0.15, 0.2) is 0 Å².